The molecule has 1 atom stereocenters. The molecule has 0 amide bonds. The highest BCUT2D eigenvalue weighted by Crippen LogP contribution is 2.17. The normalized spacial score (nSPS) is 13.5. The SMILES string of the molecule is CCC(C)Cc1nnc(CCl)n1C(C)C. The van der Waals surface area contributed by atoms with E-state index in [1.807, 2.05) is 0 Å². The zero-order valence-corrected chi connectivity index (χ0v) is 10.8. The lowest BCUT2D eigenvalue weighted by Crippen LogP contribution is -2.12. The average Bonchev–Trinajstić information content (AvgIpc) is 2.60. The van der Waals surface area contributed by atoms with Gasteiger partial charge in [0.05, 0.1) is 5.88 Å². The third-order valence-electron chi connectivity index (χ3n) is 2.70. The quantitative estimate of drug-likeness (QED) is 0.726. The van der Waals surface area contributed by atoms with Crippen molar-refractivity contribution in [3.05, 3.63) is 11.6 Å². The summed E-state index contributed by atoms with van der Waals surface area (Å²) in [5.41, 5.74) is 0. The molecule has 3 nitrogen and oxygen atoms in total. The average molecular weight is 230 g/mol. The third-order valence-corrected chi connectivity index (χ3v) is 2.94. The molecule has 0 N–H and O–H groups in total. The van der Waals surface area contributed by atoms with Gasteiger partial charge in [0.15, 0.2) is 0 Å². The molecule has 0 bridgehead atoms. The topological polar surface area (TPSA) is 30.7 Å². The first kappa shape index (κ1) is 12.5. The molecule has 0 aliphatic rings. The molecule has 1 aromatic rings. The first-order valence-corrected chi connectivity index (χ1v) is 6.12. The molecule has 0 aliphatic carbocycles. The molecule has 0 radical (unpaired) electrons. The molecule has 86 valence electrons. The van der Waals surface area contributed by atoms with Crippen molar-refractivity contribution in [3.63, 3.8) is 0 Å². The van der Waals surface area contributed by atoms with Gasteiger partial charge in [-0.1, -0.05) is 20.3 Å². The number of nitrogens with zero attached hydrogens (tertiary/aromatic N) is 3. The summed E-state index contributed by atoms with van der Waals surface area (Å²) in [4.78, 5) is 0. The van der Waals surface area contributed by atoms with Gasteiger partial charge in [0.25, 0.3) is 0 Å². The zero-order chi connectivity index (χ0) is 11.4. The number of halogens is 1. The van der Waals surface area contributed by atoms with Gasteiger partial charge in [-0.15, -0.1) is 21.8 Å². The molecule has 0 aromatic carbocycles. The Morgan fingerprint density at radius 1 is 1.20 bits per heavy atom. The van der Waals surface area contributed by atoms with E-state index in [0.29, 0.717) is 17.8 Å². The Hall–Kier alpha value is -0.570. The van der Waals surface area contributed by atoms with Crippen molar-refractivity contribution in [3.8, 4) is 0 Å². The van der Waals surface area contributed by atoms with Gasteiger partial charge in [-0.05, 0) is 19.8 Å². The molecular weight excluding hydrogens is 210 g/mol. The highest BCUT2D eigenvalue weighted by Gasteiger charge is 2.15. The van der Waals surface area contributed by atoms with Crippen LogP contribution in [0, 0.1) is 5.92 Å². The van der Waals surface area contributed by atoms with Crippen LogP contribution in [0.3, 0.4) is 0 Å². The highest BCUT2D eigenvalue weighted by molar-refractivity contribution is 6.16. The number of rotatable bonds is 5. The number of hydrogen-bond donors (Lipinski definition) is 0. The highest BCUT2D eigenvalue weighted by atomic mass is 35.5. The van der Waals surface area contributed by atoms with Crippen molar-refractivity contribution in [2.75, 3.05) is 0 Å². The van der Waals surface area contributed by atoms with Gasteiger partial charge < -0.3 is 4.57 Å². The van der Waals surface area contributed by atoms with Crippen LogP contribution in [0.2, 0.25) is 0 Å². The van der Waals surface area contributed by atoms with E-state index in [-0.39, 0.29) is 0 Å². The minimum atomic E-state index is 0.382. The smallest absolute Gasteiger partial charge is 0.148 e. The minimum Gasteiger partial charge on any atom is -0.311 e. The Kier molecular flexibility index (Phi) is 4.58. The van der Waals surface area contributed by atoms with E-state index in [0.717, 1.165) is 18.1 Å². The lowest BCUT2D eigenvalue weighted by Gasteiger charge is -2.14. The standard InChI is InChI=1S/C11H20ClN3/c1-5-9(4)6-10-13-14-11(7-12)15(10)8(2)3/h8-9H,5-7H2,1-4H3. The van der Waals surface area contributed by atoms with E-state index in [1.165, 1.54) is 6.42 Å². The molecule has 1 heterocycles. The van der Waals surface area contributed by atoms with Crippen LogP contribution in [0.5, 0.6) is 0 Å². The largest absolute Gasteiger partial charge is 0.311 e. The lowest BCUT2D eigenvalue weighted by molar-refractivity contribution is 0.491. The van der Waals surface area contributed by atoms with E-state index in [4.69, 9.17) is 11.6 Å². The number of alkyl halides is 1. The molecule has 0 aliphatic heterocycles. The Balaban J connectivity index is 2.92. The molecule has 1 unspecified atom stereocenters. The van der Waals surface area contributed by atoms with E-state index < -0.39 is 0 Å². The number of hydrogen-bond acceptors (Lipinski definition) is 2. The van der Waals surface area contributed by atoms with Gasteiger partial charge in [0, 0.05) is 12.5 Å². The molecule has 15 heavy (non-hydrogen) atoms. The third kappa shape index (κ3) is 2.94. The maximum atomic E-state index is 5.84. The molecule has 0 saturated carbocycles. The van der Waals surface area contributed by atoms with E-state index in [9.17, 15) is 0 Å². The van der Waals surface area contributed by atoms with Crippen LogP contribution in [0.1, 0.15) is 51.8 Å². The van der Waals surface area contributed by atoms with E-state index in [1.54, 1.807) is 0 Å². The molecule has 0 spiro atoms. The van der Waals surface area contributed by atoms with Gasteiger partial charge in [-0.25, -0.2) is 0 Å². The van der Waals surface area contributed by atoms with Crippen LogP contribution in [0.25, 0.3) is 0 Å². The molecule has 1 aromatic heterocycles. The van der Waals surface area contributed by atoms with Gasteiger partial charge in [-0.3, -0.25) is 0 Å². The monoisotopic (exact) mass is 229 g/mol. The molecular formula is C11H20ClN3. The summed E-state index contributed by atoms with van der Waals surface area (Å²) in [7, 11) is 0. The first-order chi connectivity index (χ1) is 7.10. The predicted octanol–water partition coefficient (Wildman–Crippen LogP) is 3.19. The second kappa shape index (κ2) is 5.50. The van der Waals surface area contributed by atoms with Gasteiger partial charge in [0.2, 0.25) is 0 Å². The summed E-state index contributed by atoms with van der Waals surface area (Å²) >= 11 is 5.84. The Bertz CT molecular complexity index is 307. The molecule has 1 rings (SSSR count). The van der Waals surface area contributed by atoms with Crippen LogP contribution in [0.4, 0.5) is 0 Å². The Morgan fingerprint density at radius 3 is 2.27 bits per heavy atom. The Labute approximate surface area is 96.8 Å². The van der Waals surface area contributed by atoms with Crippen LogP contribution >= 0.6 is 11.6 Å². The summed E-state index contributed by atoms with van der Waals surface area (Å²) < 4.78 is 2.15. The van der Waals surface area contributed by atoms with Crippen LogP contribution in [-0.4, -0.2) is 14.8 Å². The van der Waals surface area contributed by atoms with Crippen molar-refractivity contribution >= 4 is 11.6 Å². The summed E-state index contributed by atoms with van der Waals surface area (Å²) in [6, 6.07) is 0.382. The van der Waals surface area contributed by atoms with Gasteiger partial charge in [-0.2, -0.15) is 0 Å². The van der Waals surface area contributed by atoms with Crippen molar-refractivity contribution in [2.45, 2.75) is 52.5 Å². The van der Waals surface area contributed by atoms with Crippen molar-refractivity contribution in [1.29, 1.82) is 0 Å². The maximum Gasteiger partial charge on any atom is 0.148 e. The predicted molar refractivity (Wildman–Crippen MR) is 63.1 cm³/mol. The van der Waals surface area contributed by atoms with Crippen molar-refractivity contribution in [2.24, 2.45) is 5.92 Å². The second-order valence-electron chi connectivity index (χ2n) is 4.35. The second-order valence-corrected chi connectivity index (χ2v) is 4.61. The summed E-state index contributed by atoms with van der Waals surface area (Å²) in [5, 5.41) is 8.35. The molecule has 0 fully saturated rings. The van der Waals surface area contributed by atoms with Gasteiger partial charge in [0.1, 0.15) is 11.6 Å². The van der Waals surface area contributed by atoms with Crippen molar-refractivity contribution in [1.82, 2.24) is 14.8 Å². The Morgan fingerprint density at radius 2 is 1.80 bits per heavy atom. The fourth-order valence-electron chi connectivity index (χ4n) is 1.64. The summed E-state index contributed by atoms with van der Waals surface area (Å²) in [6.45, 7) is 8.71. The zero-order valence-electron chi connectivity index (χ0n) is 10.00. The maximum absolute atomic E-state index is 5.84. The van der Waals surface area contributed by atoms with Gasteiger partial charge >= 0.3 is 0 Å². The van der Waals surface area contributed by atoms with Crippen molar-refractivity contribution < 1.29 is 0 Å². The van der Waals surface area contributed by atoms with Crippen LogP contribution in [0.15, 0.2) is 0 Å². The van der Waals surface area contributed by atoms with Crippen LogP contribution in [-0.2, 0) is 12.3 Å². The molecule has 4 heteroatoms. The minimum absolute atomic E-state index is 0.382. The van der Waals surface area contributed by atoms with E-state index >= 15 is 0 Å². The fourth-order valence-corrected chi connectivity index (χ4v) is 1.83. The fraction of sp³-hybridized carbons (Fsp3) is 0.818. The van der Waals surface area contributed by atoms with E-state index in [2.05, 4.69) is 42.5 Å². The first-order valence-electron chi connectivity index (χ1n) is 5.58. The molecule has 0 saturated heterocycles. The van der Waals surface area contributed by atoms with Crippen LogP contribution < -0.4 is 0 Å². The summed E-state index contributed by atoms with van der Waals surface area (Å²) in [5.74, 6) is 3.03. The summed E-state index contributed by atoms with van der Waals surface area (Å²) in [6.07, 6.45) is 2.15. The lowest BCUT2D eigenvalue weighted by atomic mass is 10.0. The number of aromatic nitrogens is 3.